The van der Waals surface area contributed by atoms with Crippen LogP contribution in [0.2, 0.25) is 0 Å². The second kappa shape index (κ2) is 5.17. The van der Waals surface area contributed by atoms with Crippen molar-refractivity contribution in [2.75, 3.05) is 7.11 Å². The van der Waals surface area contributed by atoms with Crippen molar-refractivity contribution in [3.8, 4) is 5.75 Å². The van der Waals surface area contributed by atoms with Crippen LogP contribution in [-0.4, -0.2) is 12.2 Å². The highest BCUT2D eigenvalue weighted by molar-refractivity contribution is 5.36. The molecule has 2 nitrogen and oxygen atoms in total. The Labute approximate surface area is 91.9 Å². The molecule has 0 fully saturated rings. The summed E-state index contributed by atoms with van der Waals surface area (Å²) in [6, 6.07) is 5.81. The van der Waals surface area contributed by atoms with Gasteiger partial charge in [0.05, 0.1) is 13.2 Å². The molecule has 0 heterocycles. The Balaban J connectivity index is 2.95. The highest BCUT2D eigenvalue weighted by atomic mass is 16.5. The molecule has 15 heavy (non-hydrogen) atoms. The molecule has 0 saturated carbocycles. The van der Waals surface area contributed by atoms with Crippen molar-refractivity contribution in [2.24, 2.45) is 5.92 Å². The molecular formula is C13H20O2. The minimum atomic E-state index is -0.374. The largest absolute Gasteiger partial charge is 0.497 e. The standard InChI is InChI=1S/C13H20O2/c1-5-9(2)13(14)12-7-6-11(15-4)8-10(12)3/h6-9,13-14H,5H2,1-4H3. The topological polar surface area (TPSA) is 29.5 Å². The van der Waals surface area contributed by atoms with E-state index >= 15 is 0 Å². The predicted octanol–water partition coefficient (Wildman–Crippen LogP) is 3.08. The summed E-state index contributed by atoms with van der Waals surface area (Å²) < 4.78 is 5.13. The fourth-order valence-electron chi connectivity index (χ4n) is 1.64. The number of aryl methyl sites for hydroxylation is 1. The third kappa shape index (κ3) is 2.72. The normalized spacial score (nSPS) is 14.7. The smallest absolute Gasteiger partial charge is 0.119 e. The quantitative estimate of drug-likeness (QED) is 0.824. The molecule has 0 aliphatic rings. The van der Waals surface area contributed by atoms with Crippen LogP contribution in [-0.2, 0) is 0 Å². The maximum absolute atomic E-state index is 10.1. The average Bonchev–Trinajstić information content (AvgIpc) is 2.26. The lowest BCUT2D eigenvalue weighted by atomic mass is 9.92. The number of aliphatic hydroxyl groups is 1. The zero-order chi connectivity index (χ0) is 11.4. The van der Waals surface area contributed by atoms with E-state index in [2.05, 4.69) is 13.8 Å². The summed E-state index contributed by atoms with van der Waals surface area (Å²) in [4.78, 5) is 0. The summed E-state index contributed by atoms with van der Waals surface area (Å²) in [5, 5.41) is 10.1. The fraction of sp³-hybridized carbons (Fsp3) is 0.538. The summed E-state index contributed by atoms with van der Waals surface area (Å²) in [6.45, 7) is 6.16. The lowest BCUT2D eigenvalue weighted by Crippen LogP contribution is -2.09. The van der Waals surface area contributed by atoms with Crippen molar-refractivity contribution in [1.82, 2.24) is 0 Å². The molecule has 0 aromatic heterocycles. The van der Waals surface area contributed by atoms with Gasteiger partial charge in [0.25, 0.3) is 0 Å². The second-order valence-corrected chi connectivity index (χ2v) is 4.05. The summed E-state index contributed by atoms with van der Waals surface area (Å²) in [5.41, 5.74) is 2.09. The molecule has 0 amide bonds. The van der Waals surface area contributed by atoms with E-state index in [1.165, 1.54) is 0 Å². The molecule has 1 aromatic rings. The number of aliphatic hydroxyl groups excluding tert-OH is 1. The van der Waals surface area contributed by atoms with Gasteiger partial charge in [0.1, 0.15) is 5.75 Å². The number of methoxy groups -OCH3 is 1. The van der Waals surface area contributed by atoms with E-state index in [1.54, 1.807) is 7.11 Å². The molecule has 0 aliphatic heterocycles. The first-order valence-electron chi connectivity index (χ1n) is 5.42. The van der Waals surface area contributed by atoms with Gasteiger partial charge in [-0.2, -0.15) is 0 Å². The first-order chi connectivity index (χ1) is 7.10. The van der Waals surface area contributed by atoms with Crippen LogP contribution in [0.25, 0.3) is 0 Å². The van der Waals surface area contributed by atoms with Gasteiger partial charge in [-0.3, -0.25) is 0 Å². The van der Waals surface area contributed by atoms with Crippen LogP contribution in [0.4, 0.5) is 0 Å². The number of hydrogen-bond acceptors (Lipinski definition) is 2. The lowest BCUT2D eigenvalue weighted by Gasteiger charge is -2.19. The third-order valence-electron chi connectivity index (χ3n) is 2.98. The van der Waals surface area contributed by atoms with Crippen molar-refractivity contribution in [1.29, 1.82) is 0 Å². The highest BCUT2D eigenvalue weighted by Crippen LogP contribution is 2.28. The van der Waals surface area contributed by atoms with Gasteiger partial charge in [-0.25, -0.2) is 0 Å². The number of ether oxygens (including phenoxy) is 1. The minimum Gasteiger partial charge on any atom is -0.497 e. The molecule has 0 saturated heterocycles. The molecule has 2 unspecified atom stereocenters. The van der Waals surface area contributed by atoms with E-state index in [1.807, 2.05) is 25.1 Å². The summed E-state index contributed by atoms with van der Waals surface area (Å²) in [7, 11) is 1.65. The maximum atomic E-state index is 10.1. The summed E-state index contributed by atoms with van der Waals surface area (Å²) in [5.74, 6) is 1.13. The van der Waals surface area contributed by atoms with E-state index in [0.717, 1.165) is 23.3 Å². The van der Waals surface area contributed by atoms with Crippen LogP contribution in [0.15, 0.2) is 18.2 Å². The van der Waals surface area contributed by atoms with Crippen LogP contribution in [0.1, 0.15) is 37.5 Å². The molecule has 1 rings (SSSR count). The van der Waals surface area contributed by atoms with Crippen LogP contribution in [0.3, 0.4) is 0 Å². The molecule has 2 heteroatoms. The molecule has 0 radical (unpaired) electrons. The van der Waals surface area contributed by atoms with Gasteiger partial charge in [0.2, 0.25) is 0 Å². The number of rotatable bonds is 4. The van der Waals surface area contributed by atoms with Crippen LogP contribution in [0.5, 0.6) is 5.75 Å². The van der Waals surface area contributed by atoms with Crippen molar-refractivity contribution >= 4 is 0 Å². The van der Waals surface area contributed by atoms with Gasteiger partial charge in [0, 0.05) is 0 Å². The Morgan fingerprint density at radius 1 is 1.40 bits per heavy atom. The molecule has 0 spiro atoms. The van der Waals surface area contributed by atoms with E-state index < -0.39 is 0 Å². The minimum absolute atomic E-state index is 0.289. The fourth-order valence-corrected chi connectivity index (χ4v) is 1.64. The second-order valence-electron chi connectivity index (χ2n) is 4.05. The Morgan fingerprint density at radius 3 is 2.53 bits per heavy atom. The Bertz CT molecular complexity index is 320. The predicted molar refractivity (Wildman–Crippen MR) is 62.1 cm³/mol. The molecule has 0 bridgehead atoms. The Hall–Kier alpha value is -1.02. The monoisotopic (exact) mass is 208 g/mol. The van der Waals surface area contributed by atoms with Crippen molar-refractivity contribution < 1.29 is 9.84 Å². The average molecular weight is 208 g/mol. The van der Waals surface area contributed by atoms with E-state index in [4.69, 9.17) is 4.74 Å². The maximum Gasteiger partial charge on any atom is 0.119 e. The van der Waals surface area contributed by atoms with Gasteiger partial charge >= 0.3 is 0 Å². The molecular weight excluding hydrogens is 188 g/mol. The molecule has 1 N–H and O–H groups in total. The van der Waals surface area contributed by atoms with Crippen LogP contribution in [0, 0.1) is 12.8 Å². The van der Waals surface area contributed by atoms with Crippen molar-refractivity contribution in [3.05, 3.63) is 29.3 Å². The highest BCUT2D eigenvalue weighted by Gasteiger charge is 2.16. The first-order valence-corrected chi connectivity index (χ1v) is 5.42. The summed E-state index contributed by atoms with van der Waals surface area (Å²) in [6.07, 6.45) is 0.605. The van der Waals surface area contributed by atoms with Gasteiger partial charge in [-0.15, -0.1) is 0 Å². The Morgan fingerprint density at radius 2 is 2.07 bits per heavy atom. The zero-order valence-electron chi connectivity index (χ0n) is 9.95. The molecule has 1 aromatic carbocycles. The van der Waals surface area contributed by atoms with Gasteiger partial charge in [0.15, 0.2) is 0 Å². The molecule has 2 atom stereocenters. The van der Waals surface area contributed by atoms with E-state index in [0.29, 0.717) is 0 Å². The molecule has 84 valence electrons. The van der Waals surface area contributed by atoms with Crippen molar-refractivity contribution in [2.45, 2.75) is 33.3 Å². The first kappa shape index (κ1) is 12.1. The van der Waals surface area contributed by atoms with Gasteiger partial charge < -0.3 is 9.84 Å². The van der Waals surface area contributed by atoms with Gasteiger partial charge in [-0.1, -0.05) is 26.3 Å². The van der Waals surface area contributed by atoms with E-state index in [9.17, 15) is 5.11 Å². The van der Waals surface area contributed by atoms with Crippen molar-refractivity contribution in [3.63, 3.8) is 0 Å². The van der Waals surface area contributed by atoms with Crippen LogP contribution < -0.4 is 4.74 Å². The SMILES string of the molecule is CCC(C)C(O)c1ccc(OC)cc1C. The van der Waals surface area contributed by atoms with Gasteiger partial charge in [-0.05, 0) is 36.1 Å². The summed E-state index contributed by atoms with van der Waals surface area (Å²) >= 11 is 0. The number of benzene rings is 1. The van der Waals surface area contributed by atoms with Crippen LogP contribution >= 0.6 is 0 Å². The molecule has 0 aliphatic carbocycles. The lowest BCUT2D eigenvalue weighted by molar-refractivity contribution is 0.115. The van der Waals surface area contributed by atoms with E-state index in [-0.39, 0.29) is 12.0 Å². The Kier molecular flexibility index (Phi) is 4.15. The third-order valence-corrected chi connectivity index (χ3v) is 2.98. The zero-order valence-corrected chi connectivity index (χ0v) is 9.95. The number of hydrogen-bond donors (Lipinski definition) is 1.